The highest BCUT2D eigenvalue weighted by Crippen LogP contribution is 2.15. The van der Waals surface area contributed by atoms with E-state index >= 15 is 0 Å². The van der Waals surface area contributed by atoms with E-state index < -0.39 is 0 Å². The van der Waals surface area contributed by atoms with Crippen LogP contribution in [0.15, 0.2) is 30.3 Å². The summed E-state index contributed by atoms with van der Waals surface area (Å²) in [7, 11) is 0. The molecule has 2 saturated heterocycles. The van der Waals surface area contributed by atoms with Crippen LogP contribution < -0.4 is 5.32 Å². The maximum absolute atomic E-state index is 12.1. The molecule has 1 atom stereocenters. The van der Waals surface area contributed by atoms with E-state index in [1.807, 2.05) is 11.0 Å². The summed E-state index contributed by atoms with van der Waals surface area (Å²) >= 11 is 0. The van der Waals surface area contributed by atoms with Gasteiger partial charge in [0.15, 0.2) is 0 Å². The molecule has 1 aromatic rings. The Morgan fingerprint density at radius 3 is 2.67 bits per heavy atom. The van der Waals surface area contributed by atoms with Gasteiger partial charge in [-0.1, -0.05) is 30.3 Å². The van der Waals surface area contributed by atoms with E-state index in [-0.39, 0.29) is 5.91 Å². The van der Waals surface area contributed by atoms with Gasteiger partial charge in [-0.2, -0.15) is 0 Å². The molecule has 4 heteroatoms. The van der Waals surface area contributed by atoms with E-state index in [4.69, 9.17) is 4.74 Å². The third-order valence-corrected chi connectivity index (χ3v) is 4.42. The molecule has 0 unspecified atom stereocenters. The lowest BCUT2D eigenvalue weighted by Crippen LogP contribution is -2.43. The van der Waals surface area contributed by atoms with Gasteiger partial charge in [0, 0.05) is 44.8 Å². The fraction of sp³-hybridized carbons (Fsp3) is 0.588. The van der Waals surface area contributed by atoms with Crippen molar-refractivity contribution in [2.75, 3.05) is 26.3 Å². The van der Waals surface area contributed by atoms with E-state index in [0.717, 1.165) is 45.6 Å². The first-order valence-corrected chi connectivity index (χ1v) is 7.97. The van der Waals surface area contributed by atoms with Crippen molar-refractivity contribution in [2.24, 2.45) is 0 Å². The number of amides is 1. The molecule has 2 aliphatic heterocycles. The second-order valence-corrected chi connectivity index (χ2v) is 6.03. The molecule has 0 radical (unpaired) electrons. The summed E-state index contributed by atoms with van der Waals surface area (Å²) in [6.07, 6.45) is 3.71. The molecule has 3 rings (SSSR count). The van der Waals surface area contributed by atoms with Gasteiger partial charge in [0.25, 0.3) is 0 Å². The Labute approximate surface area is 126 Å². The summed E-state index contributed by atoms with van der Waals surface area (Å²) in [5, 5.41) is 3.63. The Morgan fingerprint density at radius 1 is 1.14 bits per heavy atom. The van der Waals surface area contributed by atoms with Crippen LogP contribution in [0.2, 0.25) is 0 Å². The van der Waals surface area contributed by atoms with Crippen molar-refractivity contribution in [3.05, 3.63) is 35.9 Å². The average molecular weight is 288 g/mol. The van der Waals surface area contributed by atoms with E-state index in [2.05, 4.69) is 29.6 Å². The van der Waals surface area contributed by atoms with Gasteiger partial charge in [0.05, 0.1) is 0 Å². The first kappa shape index (κ1) is 14.5. The molecule has 1 N–H and O–H groups in total. The number of likely N-dealkylation sites (tertiary alicyclic amines) is 1. The zero-order chi connectivity index (χ0) is 14.5. The minimum atomic E-state index is 0.287. The zero-order valence-corrected chi connectivity index (χ0v) is 12.5. The van der Waals surface area contributed by atoms with Crippen molar-refractivity contribution in [1.82, 2.24) is 10.2 Å². The van der Waals surface area contributed by atoms with Crippen LogP contribution in [0.1, 0.15) is 24.8 Å². The molecule has 21 heavy (non-hydrogen) atoms. The number of benzene rings is 1. The van der Waals surface area contributed by atoms with E-state index in [9.17, 15) is 4.79 Å². The number of hydrogen-bond donors (Lipinski definition) is 1. The third kappa shape index (κ3) is 4.05. The fourth-order valence-electron chi connectivity index (χ4n) is 3.21. The van der Waals surface area contributed by atoms with Crippen molar-refractivity contribution in [3.63, 3.8) is 0 Å². The molecule has 2 aliphatic rings. The first-order valence-electron chi connectivity index (χ1n) is 7.97. The number of nitrogens with one attached hydrogen (secondary N) is 1. The van der Waals surface area contributed by atoms with E-state index in [0.29, 0.717) is 18.5 Å². The average Bonchev–Trinajstić information content (AvgIpc) is 2.87. The van der Waals surface area contributed by atoms with Crippen LogP contribution in [-0.2, 0) is 16.0 Å². The number of ether oxygens (including phenoxy) is 1. The molecule has 0 spiro atoms. The van der Waals surface area contributed by atoms with Gasteiger partial charge >= 0.3 is 0 Å². The van der Waals surface area contributed by atoms with Crippen molar-refractivity contribution in [3.8, 4) is 0 Å². The van der Waals surface area contributed by atoms with Crippen LogP contribution in [0, 0.1) is 0 Å². The van der Waals surface area contributed by atoms with Gasteiger partial charge in [-0.05, 0) is 24.8 Å². The smallest absolute Gasteiger partial charge is 0.224 e. The van der Waals surface area contributed by atoms with Crippen LogP contribution in [0.25, 0.3) is 0 Å². The quantitative estimate of drug-likeness (QED) is 0.895. The largest absolute Gasteiger partial charge is 0.381 e. The number of carbonyl (C=O) groups excluding carboxylic acids is 1. The highest BCUT2D eigenvalue weighted by Gasteiger charge is 2.30. The van der Waals surface area contributed by atoms with Gasteiger partial charge in [-0.15, -0.1) is 0 Å². The molecular formula is C17H24N2O2. The van der Waals surface area contributed by atoms with Crippen LogP contribution in [0.5, 0.6) is 0 Å². The SMILES string of the molecule is O=C1C[C@H](NC2CCOCC2)CN1CCc1ccccc1. The number of carbonyl (C=O) groups is 1. The Morgan fingerprint density at radius 2 is 1.90 bits per heavy atom. The lowest BCUT2D eigenvalue weighted by atomic mass is 10.1. The van der Waals surface area contributed by atoms with Crippen LogP contribution >= 0.6 is 0 Å². The Hall–Kier alpha value is -1.39. The molecule has 0 aromatic heterocycles. The first-order chi connectivity index (χ1) is 10.3. The second-order valence-electron chi connectivity index (χ2n) is 6.03. The Bertz CT molecular complexity index is 457. The maximum Gasteiger partial charge on any atom is 0.224 e. The van der Waals surface area contributed by atoms with Crippen molar-refractivity contribution in [1.29, 1.82) is 0 Å². The standard InChI is InChI=1S/C17H24N2O2/c20-17-12-16(18-15-7-10-21-11-8-15)13-19(17)9-6-14-4-2-1-3-5-14/h1-5,15-16,18H,6-13H2/t16-/m0/s1. The lowest BCUT2D eigenvalue weighted by molar-refractivity contribution is -0.127. The van der Waals surface area contributed by atoms with Crippen LogP contribution in [0.3, 0.4) is 0 Å². The highest BCUT2D eigenvalue weighted by atomic mass is 16.5. The van der Waals surface area contributed by atoms with Gasteiger partial charge in [0.2, 0.25) is 5.91 Å². The summed E-state index contributed by atoms with van der Waals surface area (Å²) in [5.41, 5.74) is 1.30. The molecule has 1 aromatic carbocycles. The molecule has 1 amide bonds. The van der Waals surface area contributed by atoms with Crippen molar-refractivity contribution < 1.29 is 9.53 Å². The monoisotopic (exact) mass is 288 g/mol. The molecular weight excluding hydrogens is 264 g/mol. The molecule has 114 valence electrons. The number of nitrogens with zero attached hydrogens (tertiary/aromatic N) is 1. The summed E-state index contributed by atoms with van der Waals surface area (Å²) in [6.45, 7) is 3.37. The van der Waals surface area contributed by atoms with Gasteiger partial charge in [0.1, 0.15) is 0 Å². The number of rotatable bonds is 5. The third-order valence-electron chi connectivity index (χ3n) is 4.42. The minimum absolute atomic E-state index is 0.287. The van der Waals surface area contributed by atoms with Crippen molar-refractivity contribution in [2.45, 2.75) is 37.8 Å². The summed E-state index contributed by atoms with van der Waals surface area (Å²) in [5.74, 6) is 0.287. The van der Waals surface area contributed by atoms with Gasteiger partial charge in [-0.25, -0.2) is 0 Å². The predicted molar refractivity (Wildman–Crippen MR) is 82.1 cm³/mol. The van der Waals surface area contributed by atoms with Gasteiger partial charge < -0.3 is 15.0 Å². The molecule has 2 heterocycles. The van der Waals surface area contributed by atoms with Crippen LogP contribution in [0.4, 0.5) is 0 Å². The molecule has 4 nitrogen and oxygen atoms in total. The summed E-state index contributed by atoms with van der Waals surface area (Å²) in [4.78, 5) is 14.1. The van der Waals surface area contributed by atoms with E-state index in [1.165, 1.54) is 5.56 Å². The minimum Gasteiger partial charge on any atom is -0.381 e. The Kier molecular flexibility index (Phi) is 4.88. The fourth-order valence-corrected chi connectivity index (χ4v) is 3.21. The number of hydrogen-bond acceptors (Lipinski definition) is 3. The topological polar surface area (TPSA) is 41.6 Å². The molecule has 2 fully saturated rings. The maximum atomic E-state index is 12.1. The second kappa shape index (κ2) is 7.05. The highest BCUT2D eigenvalue weighted by molar-refractivity contribution is 5.79. The van der Waals surface area contributed by atoms with Crippen molar-refractivity contribution >= 4 is 5.91 Å². The molecule has 0 bridgehead atoms. The van der Waals surface area contributed by atoms with Gasteiger partial charge in [-0.3, -0.25) is 4.79 Å². The molecule has 0 aliphatic carbocycles. The van der Waals surface area contributed by atoms with Crippen LogP contribution in [-0.4, -0.2) is 49.2 Å². The molecule has 0 saturated carbocycles. The lowest BCUT2D eigenvalue weighted by Gasteiger charge is -2.26. The van der Waals surface area contributed by atoms with E-state index in [1.54, 1.807) is 0 Å². The zero-order valence-electron chi connectivity index (χ0n) is 12.5. The normalized spacial score (nSPS) is 23.7. The summed E-state index contributed by atoms with van der Waals surface area (Å²) < 4.78 is 5.38. The predicted octanol–water partition coefficient (Wildman–Crippen LogP) is 1.60. The summed E-state index contributed by atoms with van der Waals surface area (Å²) in [6, 6.07) is 11.2. The Balaban J connectivity index is 1.45.